The first-order chi connectivity index (χ1) is 18.1. The molecule has 1 amide bonds. The Morgan fingerprint density at radius 2 is 1.68 bits per heavy atom. The van der Waals surface area contributed by atoms with Crippen LogP contribution in [0.3, 0.4) is 0 Å². The lowest BCUT2D eigenvalue weighted by atomic mass is 10.1. The maximum absolute atomic E-state index is 12.6. The molecule has 0 fully saturated rings. The molecule has 0 aliphatic rings. The molecule has 0 radical (unpaired) electrons. The van der Waals surface area contributed by atoms with Crippen molar-refractivity contribution in [3.8, 4) is 11.5 Å². The highest BCUT2D eigenvalue weighted by Crippen LogP contribution is 2.28. The van der Waals surface area contributed by atoms with Gasteiger partial charge in [-0.15, -0.1) is 0 Å². The van der Waals surface area contributed by atoms with Gasteiger partial charge in [0.25, 0.3) is 5.91 Å². The molecule has 0 heterocycles. The highest BCUT2D eigenvalue weighted by atomic mass is 32.2. The Balaban J connectivity index is 1.67. The van der Waals surface area contributed by atoms with E-state index in [0.29, 0.717) is 36.0 Å². The summed E-state index contributed by atoms with van der Waals surface area (Å²) in [5, 5.41) is 4.06. The minimum Gasteiger partial charge on any atom is -0.490 e. The molecule has 0 bridgehead atoms. The molecule has 38 heavy (non-hydrogen) atoms. The van der Waals surface area contributed by atoms with Gasteiger partial charge in [-0.3, -0.25) is 9.10 Å². The van der Waals surface area contributed by atoms with Crippen LogP contribution in [0.15, 0.2) is 65.8 Å². The standard InChI is InChI=1S/C29H35N3O5S/c1-6-16-37-27-15-11-24(18-28(27)36-7-2)19-30-31-29(33)25-12-9-23(10-13-25)20-32(38(5,34)35)26-14-8-21(3)22(4)17-26/h8-15,17-19H,6-7,16,20H2,1-5H3,(H,31,33)/b30-19-. The zero-order valence-corrected chi connectivity index (χ0v) is 23.3. The second-order valence-corrected chi connectivity index (χ2v) is 10.8. The van der Waals surface area contributed by atoms with Crippen LogP contribution in [0, 0.1) is 13.8 Å². The molecular formula is C29H35N3O5S. The maximum atomic E-state index is 12.6. The number of nitrogens with one attached hydrogen (secondary N) is 1. The van der Waals surface area contributed by atoms with Crippen LogP contribution in [0.25, 0.3) is 0 Å². The molecule has 0 aliphatic carbocycles. The third kappa shape index (κ3) is 7.82. The van der Waals surface area contributed by atoms with Gasteiger partial charge in [0.2, 0.25) is 10.0 Å². The number of nitrogens with zero attached hydrogens (tertiary/aromatic N) is 2. The zero-order chi connectivity index (χ0) is 27.7. The highest BCUT2D eigenvalue weighted by molar-refractivity contribution is 7.92. The number of hydrogen-bond acceptors (Lipinski definition) is 6. The molecule has 0 spiro atoms. The molecule has 202 valence electrons. The van der Waals surface area contributed by atoms with Gasteiger partial charge < -0.3 is 9.47 Å². The van der Waals surface area contributed by atoms with E-state index in [1.54, 1.807) is 30.3 Å². The fraction of sp³-hybridized carbons (Fsp3) is 0.310. The smallest absolute Gasteiger partial charge is 0.271 e. The van der Waals surface area contributed by atoms with Crippen molar-refractivity contribution in [3.05, 3.63) is 88.5 Å². The van der Waals surface area contributed by atoms with Gasteiger partial charge in [-0.1, -0.05) is 25.1 Å². The molecule has 3 aromatic rings. The molecule has 0 aromatic heterocycles. The topological polar surface area (TPSA) is 97.3 Å². The summed E-state index contributed by atoms with van der Waals surface area (Å²) in [5.74, 6) is 0.910. The minimum absolute atomic E-state index is 0.154. The quantitative estimate of drug-likeness (QED) is 0.252. The van der Waals surface area contributed by atoms with E-state index < -0.39 is 10.0 Å². The summed E-state index contributed by atoms with van der Waals surface area (Å²) in [5.41, 5.74) is 7.13. The summed E-state index contributed by atoms with van der Waals surface area (Å²) < 4.78 is 37.7. The Kier molecular flexibility index (Phi) is 9.90. The van der Waals surface area contributed by atoms with Gasteiger partial charge >= 0.3 is 0 Å². The summed E-state index contributed by atoms with van der Waals surface area (Å²) in [6.07, 6.45) is 3.61. The van der Waals surface area contributed by atoms with Crippen molar-refractivity contribution < 1.29 is 22.7 Å². The van der Waals surface area contributed by atoms with Crippen LogP contribution < -0.4 is 19.2 Å². The summed E-state index contributed by atoms with van der Waals surface area (Å²) in [7, 11) is -3.51. The average Bonchev–Trinajstić information content (AvgIpc) is 2.88. The number of aryl methyl sites for hydroxylation is 2. The summed E-state index contributed by atoms with van der Waals surface area (Å²) in [6.45, 7) is 9.12. The van der Waals surface area contributed by atoms with Crippen molar-refractivity contribution >= 4 is 27.8 Å². The summed E-state index contributed by atoms with van der Waals surface area (Å²) in [6, 6.07) is 17.8. The molecule has 3 rings (SSSR count). The third-order valence-electron chi connectivity index (χ3n) is 5.83. The minimum atomic E-state index is -3.51. The number of carbonyl (C=O) groups excluding carboxylic acids is 1. The van der Waals surface area contributed by atoms with Crippen LogP contribution in [0.5, 0.6) is 11.5 Å². The van der Waals surface area contributed by atoms with Gasteiger partial charge in [0.05, 0.1) is 37.9 Å². The van der Waals surface area contributed by atoms with Crippen LogP contribution in [0.2, 0.25) is 0 Å². The fourth-order valence-corrected chi connectivity index (χ4v) is 4.52. The van der Waals surface area contributed by atoms with Crippen molar-refractivity contribution in [3.63, 3.8) is 0 Å². The van der Waals surface area contributed by atoms with E-state index >= 15 is 0 Å². The van der Waals surface area contributed by atoms with Gasteiger partial charge in [0, 0.05) is 5.56 Å². The van der Waals surface area contributed by atoms with E-state index in [1.165, 1.54) is 16.8 Å². The number of rotatable bonds is 12. The lowest BCUT2D eigenvalue weighted by Crippen LogP contribution is -2.29. The van der Waals surface area contributed by atoms with Crippen molar-refractivity contribution in [1.29, 1.82) is 0 Å². The fourth-order valence-electron chi connectivity index (χ4n) is 3.64. The lowest BCUT2D eigenvalue weighted by molar-refractivity contribution is 0.0955. The number of hydrazone groups is 1. The first kappa shape index (κ1) is 28.7. The van der Waals surface area contributed by atoms with E-state index in [1.807, 2.05) is 58.0 Å². The number of amides is 1. The second kappa shape index (κ2) is 13.1. The van der Waals surface area contributed by atoms with Crippen LogP contribution in [-0.2, 0) is 16.6 Å². The Bertz CT molecular complexity index is 1390. The molecule has 8 nitrogen and oxygen atoms in total. The first-order valence-corrected chi connectivity index (χ1v) is 14.3. The Labute approximate surface area is 225 Å². The summed E-state index contributed by atoms with van der Waals surface area (Å²) in [4.78, 5) is 12.6. The average molecular weight is 538 g/mol. The monoisotopic (exact) mass is 537 g/mol. The molecule has 0 saturated heterocycles. The number of benzene rings is 3. The lowest BCUT2D eigenvalue weighted by Gasteiger charge is -2.23. The molecule has 0 atom stereocenters. The Morgan fingerprint density at radius 3 is 2.32 bits per heavy atom. The SMILES string of the molecule is CCCOc1ccc(/C=N\NC(=O)c2ccc(CN(c3ccc(C)c(C)c3)S(C)(=O)=O)cc2)cc1OCC. The highest BCUT2D eigenvalue weighted by Gasteiger charge is 2.18. The van der Waals surface area contributed by atoms with Crippen LogP contribution in [0.1, 0.15) is 52.9 Å². The van der Waals surface area contributed by atoms with Crippen LogP contribution in [0.4, 0.5) is 5.69 Å². The second-order valence-electron chi connectivity index (χ2n) is 8.92. The molecule has 0 aliphatic heterocycles. The van der Waals surface area contributed by atoms with E-state index in [9.17, 15) is 13.2 Å². The van der Waals surface area contributed by atoms with Crippen molar-refractivity contribution in [1.82, 2.24) is 5.43 Å². The Hall–Kier alpha value is -3.85. The summed E-state index contributed by atoms with van der Waals surface area (Å²) >= 11 is 0. The van der Waals surface area contributed by atoms with E-state index in [0.717, 1.165) is 28.7 Å². The molecule has 1 N–H and O–H groups in total. The number of carbonyl (C=O) groups is 1. The van der Waals surface area contributed by atoms with Gasteiger partial charge in [-0.2, -0.15) is 5.10 Å². The largest absolute Gasteiger partial charge is 0.490 e. The van der Waals surface area contributed by atoms with Gasteiger partial charge in [0.1, 0.15) is 0 Å². The maximum Gasteiger partial charge on any atom is 0.271 e. The van der Waals surface area contributed by atoms with Crippen molar-refractivity contribution in [2.24, 2.45) is 5.10 Å². The van der Waals surface area contributed by atoms with Gasteiger partial charge in [-0.25, -0.2) is 13.8 Å². The van der Waals surface area contributed by atoms with Crippen molar-refractivity contribution in [2.45, 2.75) is 40.7 Å². The number of sulfonamides is 1. The number of ether oxygens (including phenoxy) is 2. The predicted molar refractivity (Wildman–Crippen MR) is 152 cm³/mol. The number of anilines is 1. The molecule has 3 aromatic carbocycles. The van der Waals surface area contributed by atoms with Gasteiger partial charge in [0.15, 0.2) is 11.5 Å². The molecule has 9 heteroatoms. The van der Waals surface area contributed by atoms with E-state index in [2.05, 4.69) is 10.5 Å². The Morgan fingerprint density at radius 1 is 0.947 bits per heavy atom. The van der Waals surface area contributed by atoms with E-state index in [-0.39, 0.29) is 12.5 Å². The normalized spacial score (nSPS) is 11.4. The first-order valence-electron chi connectivity index (χ1n) is 12.5. The molecular weight excluding hydrogens is 502 g/mol. The van der Waals surface area contributed by atoms with E-state index in [4.69, 9.17) is 9.47 Å². The predicted octanol–water partition coefficient (Wildman–Crippen LogP) is 5.22. The zero-order valence-electron chi connectivity index (χ0n) is 22.5. The van der Waals surface area contributed by atoms with Crippen LogP contribution in [-0.4, -0.2) is 40.0 Å². The molecule has 0 saturated carbocycles. The van der Waals surface area contributed by atoms with Crippen LogP contribution >= 0.6 is 0 Å². The molecule has 0 unspecified atom stereocenters. The van der Waals surface area contributed by atoms with Crippen molar-refractivity contribution in [2.75, 3.05) is 23.8 Å². The third-order valence-corrected chi connectivity index (χ3v) is 6.97. The number of hydrogen-bond donors (Lipinski definition) is 1. The van der Waals surface area contributed by atoms with Gasteiger partial charge in [-0.05, 0) is 91.9 Å².